The van der Waals surface area contributed by atoms with E-state index in [4.69, 9.17) is 9.36 Å². The van der Waals surface area contributed by atoms with E-state index in [1.807, 2.05) is 45.0 Å². The number of nitrogens with zero attached hydrogens (tertiary/aromatic N) is 3. The van der Waals surface area contributed by atoms with E-state index in [0.29, 0.717) is 5.82 Å². The maximum atomic E-state index is 9.86. The fourth-order valence-corrected chi connectivity index (χ4v) is 1.59. The van der Waals surface area contributed by atoms with Crippen molar-refractivity contribution in [2.24, 2.45) is 5.16 Å². The zero-order valence-corrected chi connectivity index (χ0v) is 13.5. The number of oxime groups is 1. The number of rotatable bonds is 4. The Labute approximate surface area is 129 Å². The predicted octanol–water partition coefficient (Wildman–Crippen LogP) is 3.11. The number of aromatic nitrogens is 2. The molecule has 1 aromatic carbocycles. The van der Waals surface area contributed by atoms with Gasteiger partial charge in [-0.3, -0.25) is 0 Å². The van der Waals surface area contributed by atoms with Crippen molar-refractivity contribution < 1.29 is 14.5 Å². The average Bonchev–Trinajstić information content (AvgIpc) is 2.87. The Hall–Kier alpha value is -2.21. The van der Waals surface area contributed by atoms with Gasteiger partial charge in [0.05, 0.1) is 6.21 Å². The van der Waals surface area contributed by atoms with Crippen LogP contribution in [0.1, 0.15) is 46.1 Å². The van der Waals surface area contributed by atoms with Gasteiger partial charge in [0.15, 0.2) is 0 Å². The Bertz CT molecular complexity index is 664. The molecular formula is C16H21N3O3. The highest BCUT2D eigenvalue weighted by Gasteiger charge is 2.24. The minimum atomic E-state index is -1.16. The predicted molar refractivity (Wildman–Crippen MR) is 83.4 cm³/mol. The summed E-state index contributed by atoms with van der Waals surface area (Å²) >= 11 is 0. The lowest BCUT2D eigenvalue weighted by atomic mass is 10.1. The van der Waals surface area contributed by atoms with E-state index in [1.165, 1.54) is 0 Å². The molecule has 1 aromatic heterocycles. The van der Waals surface area contributed by atoms with E-state index in [-0.39, 0.29) is 11.5 Å². The fraction of sp³-hybridized carbons (Fsp3) is 0.438. The van der Waals surface area contributed by atoms with Gasteiger partial charge in [0, 0.05) is 5.56 Å². The maximum absolute atomic E-state index is 9.86. The quantitative estimate of drug-likeness (QED) is 0.693. The van der Waals surface area contributed by atoms with Gasteiger partial charge in [-0.2, -0.15) is 4.98 Å². The molecule has 6 nitrogen and oxygen atoms in total. The van der Waals surface area contributed by atoms with Crippen molar-refractivity contribution in [1.29, 1.82) is 0 Å². The normalized spacial score (nSPS) is 12.8. The average molecular weight is 303 g/mol. The number of hydrogen-bond acceptors (Lipinski definition) is 6. The molecule has 1 heterocycles. The molecule has 0 saturated heterocycles. The molecule has 0 atom stereocenters. The molecule has 0 aliphatic carbocycles. The van der Waals surface area contributed by atoms with Crippen LogP contribution in [-0.2, 0) is 10.4 Å². The van der Waals surface area contributed by atoms with Crippen molar-refractivity contribution in [3.05, 3.63) is 35.7 Å². The van der Waals surface area contributed by atoms with E-state index in [1.54, 1.807) is 20.1 Å². The third kappa shape index (κ3) is 4.39. The highest BCUT2D eigenvalue weighted by Crippen LogP contribution is 2.22. The lowest BCUT2D eigenvalue weighted by Gasteiger charge is -2.14. The lowest BCUT2D eigenvalue weighted by Crippen LogP contribution is -2.15. The molecule has 0 bridgehead atoms. The number of aliphatic hydroxyl groups is 1. The molecule has 1 N–H and O–H groups in total. The van der Waals surface area contributed by atoms with Gasteiger partial charge in [-0.15, -0.1) is 0 Å². The summed E-state index contributed by atoms with van der Waals surface area (Å²) in [6, 6.07) is 7.50. The van der Waals surface area contributed by atoms with Gasteiger partial charge in [0.2, 0.25) is 5.82 Å². The summed E-state index contributed by atoms with van der Waals surface area (Å²) < 4.78 is 5.08. The molecular weight excluding hydrogens is 282 g/mol. The van der Waals surface area contributed by atoms with Crippen molar-refractivity contribution in [3.63, 3.8) is 0 Å². The van der Waals surface area contributed by atoms with Crippen molar-refractivity contribution >= 4 is 6.21 Å². The van der Waals surface area contributed by atoms with Crippen LogP contribution in [0.25, 0.3) is 11.4 Å². The van der Waals surface area contributed by atoms with Crippen LogP contribution in [0.2, 0.25) is 0 Å². The molecule has 0 aliphatic rings. The Kier molecular flexibility index (Phi) is 4.32. The minimum absolute atomic E-state index is 0.178. The van der Waals surface area contributed by atoms with Gasteiger partial charge in [0.1, 0.15) is 11.2 Å². The van der Waals surface area contributed by atoms with Gasteiger partial charge in [-0.05, 0) is 46.2 Å². The first-order valence-corrected chi connectivity index (χ1v) is 7.04. The Balaban J connectivity index is 2.20. The molecule has 0 unspecified atom stereocenters. The van der Waals surface area contributed by atoms with Gasteiger partial charge < -0.3 is 14.5 Å². The SMILES string of the molecule is CC(C)(C)O/N=C/c1cccc(-c2noc(C(C)(C)O)n2)c1. The van der Waals surface area contributed by atoms with Gasteiger partial charge in [-0.1, -0.05) is 28.5 Å². The van der Waals surface area contributed by atoms with Gasteiger partial charge >= 0.3 is 0 Å². The highest BCUT2D eigenvalue weighted by molar-refractivity contribution is 5.81. The van der Waals surface area contributed by atoms with E-state index in [2.05, 4.69) is 15.3 Å². The Morgan fingerprint density at radius 3 is 2.55 bits per heavy atom. The monoisotopic (exact) mass is 303 g/mol. The number of hydrogen-bond donors (Lipinski definition) is 1. The third-order valence-electron chi connectivity index (χ3n) is 2.62. The molecule has 22 heavy (non-hydrogen) atoms. The second-order valence-corrected chi connectivity index (χ2v) is 6.55. The minimum Gasteiger partial charge on any atom is -0.390 e. The van der Waals surface area contributed by atoms with Crippen LogP contribution in [0.15, 0.2) is 33.9 Å². The van der Waals surface area contributed by atoms with Crippen LogP contribution in [0.3, 0.4) is 0 Å². The molecule has 0 radical (unpaired) electrons. The Morgan fingerprint density at radius 2 is 1.95 bits per heavy atom. The third-order valence-corrected chi connectivity index (χ3v) is 2.62. The Morgan fingerprint density at radius 1 is 1.23 bits per heavy atom. The largest absolute Gasteiger partial charge is 0.390 e. The smallest absolute Gasteiger partial charge is 0.258 e. The molecule has 0 saturated carbocycles. The summed E-state index contributed by atoms with van der Waals surface area (Å²) in [7, 11) is 0. The van der Waals surface area contributed by atoms with E-state index < -0.39 is 5.60 Å². The van der Waals surface area contributed by atoms with E-state index in [9.17, 15) is 5.11 Å². The first kappa shape index (κ1) is 16.2. The second-order valence-electron chi connectivity index (χ2n) is 6.55. The number of benzene rings is 1. The van der Waals surface area contributed by atoms with E-state index in [0.717, 1.165) is 11.1 Å². The van der Waals surface area contributed by atoms with Crippen LogP contribution >= 0.6 is 0 Å². The van der Waals surface area contributed by atoms with Gasteiger partial charge in [-0.25, -0.2) is 0 Å². The van der Waals surface area contributed by atoms with Gasteiger partial charge in [0.25, 0.3) is 5.89 Å². The molecule has 0 fully saturated rings. The first-order valence-electron chi connectivity index (χ1n) is 7.04. The standard InChI is InChI=1S/C16H21N3O3/c1-15(2,3)22-17-10-11-7-6-8-12(9-11)13-18-14(21-19-13)16(4,5)20/h6-10,20H,1-5H3/b17-10+. The molecule has 2 aromatic rings. The summed E-state index contributed by atoms with van der Waals surface area (Å²) in [6.45, 7) is 8.98. The van der Waals surface area contributed by atoms with Crippen molar-refractivity contribution in [1.82, 2.24) is 10.1 Å². The van der Waals surface area contributed by atoms with E-state index >= 15 is 0 Å². The van der Waals surface area contributed by atoms with Crippen molar-refractivity contribution in [2.75, 3.05) is 0 Å². The summed E-state index contributed by atoms with van der Waals surface area (Å²) in [5, 5.41) is 17.7. The molecule has 0 amide bonds. The topological polar surface area (TPSA) is 80.7 Å². The highest BCUT2D eigenvalue weighted by atomic mass is 16.6. The summed E-state index contributed by atoms with van der Waals surface area (Å²) in [5.74, 6) is 0.599. The summed E-state index contributed by atoms with van der Waals surface area (Å²) in [4.78, 5) is 9.52. The lowest BCUT2D eigenvalue weighted by molar-refractivity contribution is 0.00199. The van der Waals surface area contributed by atoms with Crippen LogP contribution in [0.4, 0.5) is 0 Å². The zero-order valence-electron chi connectivity index (χ0n) is 13.5. The molecule has 0 spiro atoms. The summed E-state index contributed by atoms with van der Waals surface area (Å²) in [5.41, 5.74) is 0.143. The van der Waals surface area contributed by atoms with Crippen LogP contribution in [0.5, 0.6) is 0 Å². The van der Waals surface area contributed by atoms with Crippen molar-refractivity contribution in [3.8, 4) is 11.4 Å². The molecule has 2 rings (SSSR count). The van der Waals surface area contributed by atoms with Crippen LogP contribution < -0.4 is 0 Å². The molecule has 0 aliphatic heterocycles. The zero-order chi connectivity index (χ0) is 16.4. The van der Waals surface area contributed by atoms with Crippen LogP contribution in [0, 0.1) is 0 Å². The van der Waals surface area contributed by atoms with Crippen LogP contribution in [-0.4, -0.2) is 27.1 Å². The molecule has 118 valence electrons. The fourth-order valence-electron chi connectivity index (χ4n) is 1.59. The van der Waals surface area contributed by atoms with Crippen molar-refractivity contribution in [2.45, 2.75) is 45.8 Å². The summed E-state index contributed by atoms with van der Waals surface area (Å²) in [6.07, 6.45) is 1.63. The maximum Gasteiger partial charge on any atom is 0.258 e. The molecule has 6 heteroatoms. The second kappa shape index (κ2) is 5.88. The first-order chi connectivity index (χ1) is 10.1.